The number of hydrogen-bond acceptors (Lipinski definition) is 7. The third kappa shape index (κ3) is 2.18. The number of nitrogen functional groups attached to an aromatic ring is 1. The van der Waals surface area contributed by atoms with E-state index in [9.17, 15) is 4.79 Å². The summed E-state index contributed by atoms with van der Waals surface area (Å²) in [6.45, 7) is 0.329. The van der Waals surface area contributed by atoms with E-state index in [-0.39, 0.29) is 5.56 Å². The molecule has 0 aliphatic carbocycles. The minimum absolute atomic E-state index is 0.0749. The van der Waals surface area contributed by atoms with Gasteiger partial charge in [0.05, 0.1) is 36.3 Å². The van der Waals surface area contributed by atoms with Gasteiger partial charge < -0.3 is 5.43 Å². The molecule has 0 aromatic carbocycles. The summed E-state index contributed by atoms with van der Waals surface area (Å²) in [6.07, 6.45) is 4.61. The van der Waals surface area contributed by atoms with Crippen molar-refractivity contribution >= 4 is 27.4 Å². The molecular formula is C11H10N6OS. The van der Waals surface area contributed by atoms with Gasteiger partial charge in [-0.1, -0.05) is 0 Å². The first-order chi connectivity index (χ1) is 9.28. The lowest BCUT2D eigenvalue weighted by Crippen LogP contribution is -2.21. The number of fused-ring (bicyclic) bond motifs is 1. The molecule has 3 aromatic rings. The van der Waals surface area contributed by atoms with Crippen LogP contribution in [0.4, 0.5) is 5.82 Å². The zero-order valence-corrected chi connectivity index (χ0v) is 10.6. The first-order valence-corrected chi connectivity index (χ1v) is 6.36. The van der Waals surface area contributed by atoms with Crippen molar-refractivity contribution in [3.8, 4) is 0 Å². The molecular weight excluding hydrogens is 264 g/mol. The zero-order valence-electron chi connectivity index (χ0n) is 9.78. The quantitative estimate of drug-likeness (QED) is 0.535. The molecule has 0 radical (unpaired) electrons. The van der Waals surface area contributed by atoms with Gasteiger partial charge in [0.1, 0.15) is 4.83 Å². The number of nitrogens with one attached hydrogen (secondary N) is 1. The molecule has 3 rings (SSSR count). The molecule has 0 aliphatic rings. The van der Waals surface area contributed by atoms with Crippen molar-refractivity contribution < 1.29 is 0 Å². The molecule has 0 saturated carbocycles. The fourth-order valence-electron chi connectivity index (χ4n) is 1.69. The van der Waals surface area contributed by atoms with Crippen LogP contribution in [0.3, 0.4) is 0 Å². The first kappa shape index (κ1) is 11.8. The lowest BCUT2D eigenvalue weighted by Gasteiger charge is -2.05. The summed E-state index contributed by atoms with van der Waals surface area (Å²) in [4.78, 5) is 25.4. The van der Waals surface area contributed by atoms with Crippen molar-refractivity contribution in [3.05, 3.63) is 46.2 Å². The monoisotopic (exact) mass is 274 g/mol. The molecule has 0 bridgehead atoms. The maximum Gasteiger partial charge on any atom is 0.262 e. The molecule has 3 heterocycles. The number of nitrogens with two attached hydrogens (primary N) is 1. The average Bonchev–Trinajstić information content (AvgIpc) is 2.92. The Balaban J connectivity index is 1.95. The highest BCUT2D eigenvalue weighted by Gasteiger charge is 2.06. The summed E-state index contributed by atoms with van der Waals surface area (Å²) in [7, 11) is 0. The SMILES string of the molecule is NNc1cnc(Cn2cnc3sccc3c2=O)cn1. The topological polar surface area (TPSA) is 98.7 Å². The van der Waals surface area contributed by atoms with Crippen molar-refractivity contribution in [3.63, 3.8) is 0 Å². The number of rotatable bonds is 3. The van der Waals surface area contributed by atoms with Crippen LogP contribution in [0.15, 0.2) is 35.0 Å². The summed E-state index contributed by atoms with van der Waals surface area (Å²) in [5.74, 6) is 5.68. The predicted molar refractivity (Wildman–Crippen MR) is 72.8 cm³/mol. The molecule has 0 spiro atoms. The molecule has 19 heavy (non-hydrogen) atoms. The van der Waals surface area contributed by atoms with Gasteiger partial charge in [-0.05, 0) is 11.4 Å². The van der Waals surface area contributed by atoms with E-state index in [4.69, 9.17) is 5.84 Å². The van der Waals surface area contributed by atoms with Gasteiger partial charge in [-0.2, -0.15) is 0 Å². The molecule has 96 valence electrons. The lowest BCUT2D eigenvalue weighted by molar-refractivity contribution is 0.726. The van der Waals surface area contributed by atoms with E-state index < -0.39 is 0 Å². The summed E-state index contributed by atoms with van der Waals surface area (Å²) >= 11 is 1.45. The van der Waals surface area contributed by atoms with E-state index in [1.807, 2.05) is 5.38 Å². The number of hydrazine groups is 1. The van der Waals surface area contributed by atoms with E-state index >= 15 is 0 Å². The normalized spacial score (nSPS) is 10.8. The van der Waals surface area contributed by atoms with Crippen molar-refractivity contribution in [2.24, 2.45) is 5.84 Å². The van der Waals surface area contributed by atoms with E-state index in [0.29, 0.717) is 23.4 Å². The van der Waals surface area contributed by atoms with Crippen LogP contribution in [0.25, 0.3) is 10.2 Å². The van der Waals surface area contributed by atoms with Gasteiger partial charge in [-0.15, -0.1) is 11.3 Å². The maximum atomic E-state index is 12.2. The Morgan fingerprint density at radius 2 is 2.21 bits per heavy atom. The highest BCUT2D eigenvalue weighted by Crippen LogP contribution is 2.13. The molecule has 0 amide bonds. The van der Waals surface area contributed by atoms with Gasteiger partial charge >= 0.3 is 0 Å². The third-order valence-electron chi connectivity index (χ3n) is 2.64. The van der Waals surface area contributed by atoms with Crippen LogP contribution in [0.1, 0.15) is 5.69 Å². The molecule has 0 unspecified atom stereocenters. The standard InChI is InChI=1S/C11H10N6OS/c12-16-9-4-13-7(3-14-9)5-17-6-15-10-8(11(17)18)1-2-19-10/h1-4,6H,5,12H2,(H,14,16). The number of nitrogens with zero attached hydrogens (tertiary/aromatic N) is 4. The molecule has 3 N–H and O–H groups in total. The minimum Gasteiger partial charge on any atom is -0.307 e. The Morgan fingerprint density at radius 3 is 2.95 bits per heavy atom. The second-order valence-corrected chi connectivity index (χ2v) is 4.75. The molecule has 3 aromatic heterocycles. The minimum atomic E-state index is -0.0749. The summed E-state index contributed by atoms with van der Waals surface area (Å²) in [5.41, 5.74) is 2.99. The maximum absolute atomic E-state index is 12.2. The van der Waals surface area contributed by atoms with Crippen LogP contribution in [0.2, 0.25) is 0 Å². The van der Waals surface area contributed by atoms with Gasteiger partial charge in [-0.3, -0.25) is 14.3 Å². The predicted octanol–water partition coefficient (Wildman–Crippen LogP) is 0.582. The van der Waals surface area contributed by atoms with Crippen LogP contribution in [0.5, 0.6) is 0 Å². The smallest absolute Gasteiger partial charge is 0.262 e. The number of aromatic nitrogens is 4. The van der Waals surface area contributed by atoms with E-state index in [1.54, 1.807) is 12.3 Å². The Kier molecular flexibility index (Phi) is 2.94. The van der Waals surface area contributed by atoms with Crippen molar-refractivity contribution in [2.75, 3.05) is 5.43 Å². The van der Waals surface area contributed by atoms with Crippen LogP contribution in [-0.2, 0) is 6.54 Å². The lowest BCUT2D eigenvalue weighted by atomic mass is 10.4. The van der Waals surface area contributed by atoms with Crippen LogP contribution in [-0.4, -0.2) is 19.5 Å². The Bertz CT molecular complexity index is 763. The number of thiophene rings is 1. The number of anilines is 1. The number of hydrogen-bond donors (Lipinski definition) is 2. The van der Waals surface area contributed by atoms with E-state index in [1.165, 1.54) is 28.4 Å². The van der Waals surface area contributed by atoms with Gasteiger partial charge in [0.25, 0.3) is 5.56 Å². The molecule has 0 atom stereocenters. The molecule has 7 nitrogen and oxygen atoms in total. The Labute approximate surface area is 111 Å². The van der Waals surface area contributed by atoms with Gasteiger partial charge in [0.15, 0.2) is 5.82 Å². The van der Waals surface area contributed by atoms with Crippen molar-refractivity contribution in [2.45, 2.75) is 6.54 Å². The first-order valence-electron chi connectivity index (χ1n) is 5.48. The second kappa shape index (κ2) is 4.75. The second-order valence-electron chi connectivity index (χ2n) is 3.85. The highest BCUT2D eigenvalue weighted by molar-refractivity contribution is 7.16. The van der Waals surface area contributed by atoms with Gasteiger partial charge in [0, 0.05) is 0 Å². The molecule has 8 heteroatoms. The fraction of sp³-hybridized carbons (Fsp3) is 0.0909. The van der Waals surface area contributed by atoms with Crippen LogP contribution >= 0.6 is 11.3 Å². The van der Waals surface area contributed by atoms with Gasteiger partial charge in [0.2, 0.25) is 0 Å². The summed E-state index contributed by atoms with van der Waals surface area (Å²) < 4.78 is 1.51. The third-order valence-corrected chi connectivity index (χ3v) is 3.46. The van der Waals surface area contributed by atoms with Gasteiger partial charge in [-0.25, -0.2) is 15.8 Å². The van der Waals surface area contributed by atoms with Crippen LogP contribution in [0, 0.1) is 0 Å². The van der Waals surface area contributed by atoms with E-state index in [2.05, 4.69) is 20.4 Å². The summed E-state index contributed by atoms with van der Waals surface area (Å²) in [6, 6.07) is 1.78. The van der Waals surface area contributed by atoms with Crippen LogP contribution < -0.4 is 16.8 Å². The van der Waals surface area contributed by atoms with E-state index in [0.717, 1.165) is 4.83 Å². The molecule has 0 aliphatic heterocycles. The zero-order chi connectivity index (χ0) is 13.2. The van der Waals surface area contributed by atoms with Crippen molar-refractivity contribution in [1.29, 1.82) is 0 Å². The summed E-state index contributed by atoms with van der Waals surface area (Å²) in [5, 5.41) is 2.48. The Morgan fingerprint density at radius 1 is 1.32 bits per heavy atom. The van der Waals surface area contributed by atoms with Crippen molar-refractivity contribution in [1.82, 2.24) is 19.5 Å². The molecule has 0 fully saturated rings. The fourth-order valence-corrected chi connectivity index (χ4v) is 2.41. The molecule has 0 saturated heterocycles. The largest absolute Gasteiger partial charge is 0.307 e. The average molecular weight is 274 g/mol. The Hall–Kier alpha value is -2.32. The highest BCUT2D eigenvalue weighted by atomic mass is 32.1.